The highest BCUT2D eigenvalue weighted by atomic mass is 35.5. The molecule has 4 aromatic rings. The molecule has 160 valence electrons. The maximum Gasteiger partial charge on any atom is 0.328 e. The number of aryl methyl sites for hydroxylation is 1. The third kappa shape index (κ3) is 3.81. The van der Waals surface area contributed by atoms with Gasteiger partial charge in [-0.25, -0.2) is 9.78 Å². The summed E-state index contributed by atoms with van der Waals surface area (Å²) in [7, 11) is 1.62. The molecule has 1 unspecified atom stereocenters. The summed E-state index contributed by atoms with van der Waals surface area (Å²) in [4.78, 5) is 33.1. The zero-order chi connectivity index (χ0) is 22.2. The molecule has 8 heteroatoms. The second-order valence-electron chi connectivity index (χ2n) is 7.60. The first kappa shape index (κ1) is 20.5. The number of nitrogens with one attached hydrogen (secondary N) is 2. The van der Waals surface area contributed by atoms with Crippen molar-refractivity contribution in [3.63, 3.8) is 0 Å². The van der Waals surface area contributed by atoms with Crippen molar-refractivity contribution in [2.45, 2.75) is 12.5 Å². The topological polar surface area (TPSA) is 79.8 Å². The molecule has 1 aliphatic rings. The lowest BCUT2D eigenvalue weighted by atomic mass is 9.87. The molecular formula is C24H19ClN4O2S. The molecule has 5 rings (SSSR count). The van der Waals surface area contributed by atoms with Crippen LogP contribution in [0.5, 0.6) is 0 Å². The number of fused-ring (bicyclic) bond motifs is 2. The monoisotopic (exact) mass is 462 g/mol. The van der Waals surface area contributed by atoms with E-state index >= 15 is 0 Å². The summed E-state index contributed by atoms with van der Waals surface area (Å²) in [5.41, 5.74) is 3.34. The van der Waals surface area contributed by atoms with Gasteiger partial charge in [0.2, 0.25) is 0 Å². The lowest BCUT2D eigenvalue weighted by molar-refractivity contribution is 0.760. The van der Waals surface area contributed by atoms with Crippen molar-refractivity contribution < 1.29 is 0 Å². The van der Waals surface area contributed by atoms with Gasteiger partial charge in [0.15, 0.2) is 5.13 Å². The Bertz CT molecular complexity index is 1450. The van der Waals surface area contributed by atoms with Crippen LogP contribution in [0.2, 0.25) is 5.02 Å². The van der Waals surface area contributed by atoms with E-state index in [1.54, 1.807) is 13.2 Å². The highest BCUT2D eigenvalue weighted by molar-refractivity contribution is 7.16. The number of halogens is 1. The van der Waals surface area contributed by atoms with Crippen molar-refractivity contribution in [2.75, 3.05) is 5.32 Å². The molecule has 2 N–H and O–H groups in total. The Balaban J connectivity index is 1.63. The lowest BCUT2D eigenvalue weighted by Crippen LogP contribution is -2.32. The number of benzene rings is 2. The van der Waals surface area contributed by atoms with Gasteiger partial charge in [-0.15, -0.1) is 0 Å². The average Bonchev–Trinajstić information content (AvgIpc) is 3.13. The molecule has 0 saturated carbocycles. The molecule has 0 amide bonds. The molecule has 0 aliphatic heterocycles. The van der Waals surface area contributed by atoms with Crippen LogP contribution in [0, 0.1) is 0 Å². The normalized spacial score (nSPS) is 14.5. The third-order valence-electron chi connectivity index (χ3n) is 5.46. The smallest absolute Gasteiger partial charge is 0.328 e. The third-order valence-corrected chi connectivity index (χ3v) is 6.69. The fraction of sp³-hybridized carbons (Fsp3) is 0.125. The van der Waals surface area contributed by atoms with Gasteiger partial charge < -0.3 is 9.88 Å². The molecule has 2 heterocycles. The van der Waals surface area contributed by atoms with Gasteiger partial charge in [0.05, 0.1) is 16.5 Å². The van der Waals surface area contributed by atoms with E-state index < -0.39 is 17.2 Å². The minimum Gasteiger partial charge on any atom is -0.357 e. The fourth-order valence-corrected chi connectivity index (χ4v) is 4.97. The van der Waals surface area contributed by atoms with Gasteiger partial charge in [-0.2, -0.15) is 0 Å². The first-order valence-corrected chi connectivity index (χ1v) is 11.2. The molecule has 0 radical (unpaired) electrons. The first-order chi connectivity index (χ1) is 15.5. The minimum atomic E-state index is -0.453. The van der Waals surface area contributed by atoms with Crippen LogP contribution in [0.4, 0.5) is 5.13 Å². The molecule has 1 atom stereocenters. The molecule has 0 spiro atoms. The maximum atomic E-state index is 12.9. The van der Waals surface area contributed by atoms with E-state index in [2.05, 4.69) is 22.4 Å². The summed E-state index contributed by atoms with van der Waals surface area (Å²) in [6.07, 6.45) is 5.59. The summed E-state index contributed by atoms with van der Waals surface area (Å²) < 4.78 is 1.38. The number of hydrogen-bond donors (Lipinski definition) is 2. The Labute approximate surface area is 192 Å². The van der Waals surface area contributed by atoms with E-state index in [0.717, 1.165) is 32.4 Å². The van der Waals surface area contributed by atoms with Crippen LogP contribution < -0.4 is 16.6 Å². The van der Waals surface area contributed by atoms with Crippen molar-refractivity contribution >= 4 is 40.2 Å². The predicted octanol–water partition coefficient (Wildman–Crippen LogP) is 4.46. The van der Waals surface area contributed by atoms with E-state index in [9.17, 15) is 9.59 Å². The second-order valence-corrected chi connectivity index (χ2v) is 9.07. The highest BCUT2D eigenvalue weighted by Crippen LogP contribution is 2.41. The number of rotatable bonds is 4. The van der Waals surface area contributed by atoms with Gasteiger partial charge in [-0.05, 0) is 34.9 Å². The van der Waals surface area contributed by atoms with Crippen molar-refractivity contribution in [3.8, 4) is 0 Å². The zero-order valence-corrected chi connectivity index (χ0v) is 18.7. The lowest BCUT2D eigenvalue weighted by Gasteiger charge is -2.18. The number of anilines is 1. The average molecular weight is 463 g/mol. The van der Waals surface area contributed by atoms with Gasteiger partial charge in [-0.1, -0.05) is 65.4 Å². The van der Waals surface area contributed by atoms with Crippen LogP contribution in [0.1, 0.15) is 38.7 Å². The summed E-state index contributed by atoms with van der Waals surface area (Å²) in [5, 5.41) is 4.78. The van der Waals surface area contributed by atoms with Crippen LogP contribution >= 0.6 is 22.9 Å². The number of hydrogen-bond acceptors (Lipinski definition) is 5. The van der Waals surface area contributed by atoms with E-state index in [1.165, 1.54) is 15.9 Å². The zero-order valence-electron chi connectivity index (χ0n) is 17.1. The SMILES string of the molecule is Cn1cc(C2c3ccc(Cl)cc3C=Cc3sc(NCc4ccccc4)nc32)c(=O)[nH]c1=O. The van der Waals surface area contributed by atoms with Gasteiger partial charge in [0.1, 0.15) is 0 Å². The number of aromatic amines is 1. The van der Waals surface area contributed by atoms with Crippen molar-refractivity contribution in [1.82, 2.24) is 14.5 Å². The molecule has 2 aromatic heterocycles. The Hall–Kier alpha value is -3.42. The van der Waals surface area contributed by atoms with Crippen LogP contribution in [0.15, 0.2) is 64.3 Å². The van der Waals surface area contributed by atoms with E-state index in [4.69, 9.17) is 16.6 Å². The number of nitrogens with zero attached hydrogens (tertiary/aromatic N) is 2. The van der Waals surface area contributed by atoms with Gasteiger partial charge in [0.25, 0.3) is 5.56 Å². The van der Waals surface area contributed by atoms with Gasteiger partial charge >= 0.3 is 5.69 Å². The Morgan fingerprint density at radius 2 is 1.94 bits per heavy atom. The summed E-state index contributed by atoms with van der Waals surface area (Å²) in [5.74, 6) is -0.439. The Kier molecular flexibility index (Phi) is 5.28. The quantitative estimate of drug-likeness (QED) is 0.413. The van der Waals surface area contributed by atoms with Crippen molar-refractivity contribution in [3.05, 3.63) is 113 Å². The molecule has 0 saturated heterocycles. The van der Waals surface area contributed by atoms with E-state index in [1.807, 2.05) is 48.6 Å². The minimum absolute atomic E-state index is 0.418. The highest BCUT2D eigenvalue weighted by Gasteiger charge is 2.29. The van der Waals surface area contributed by atoms with Crippen LogP contribution in [-0.4, -0.2) is 14.5 Å². The van der Waals surface area contributed by atoms with Crippen LogP contribution in [0.25, 0.3) is 12.2 Å². The summed E-state index contributed by atoms with van der Waals surface area (Å²) in [6.45, 7) is 0.647. The Morgan fingerprint density at radius 3 is 2.75 bits per heavy atom. The van der Waals surface area contributed by atoms with Crippen molar-refractivity contribution in [1.29, 1.82) is 0 Å². The number of aromatic nitrogens is 3. The Morgan fingerprint density at radius 1 is 1.12 bits per heavy atom. The van der Waals surface area contributed by atoms with Gasteiger partial charge in [0, 0.05) is 30.4 Å². The number of H-pyrrole nitrogens is 1. The fourth-order valence-electron chi connectivity index (χ4n) is 3.89. The second kappa shape index (κ2) is 8.26. The van der Waals surface area contributed by atoms with Crippen molar-refractivity contribution in [2.24, 2.45) is 7.05 Å². The van der Waals surface area contributed by atoms with E-state index in [0.29, 0.717) is 17.1 Å². The molecule has 0 fully saturated rings. The molecule has 6 nitrogen and oxygen atoms in total. The molecule has 32 heavy (non-hydrogen) atoms. The predicted molar refractivity (Wildman–Crippen MR) is 130 cm³/mol. The first-order valence-electron chi connectivity index (χ1n) is 10.1. The molecule has 2 aromatic carbocycles. The summed E-state index contributed by atoms with van der Waals surface area (Å²) in [6, 6.07) is 15.7. The molecular weight excluding hydrogens is 444 g/mol. The molecule has 0 bridgehead atoms. The van der Waals surface area contributed by atoms with Crippen LogP contribution in [-0.2, 0) is 13.6 Å². The standard InChI is InChI=1S/C24H19ClN4O2S/c1-29-13-18(22(30)28-24(29)31)20-17-9-8-16(25)11-15(17)7-10-19-21(20)27-23(32-19)26-12-14-5-3-2-4-6-14/h2-11,13,20H,12H2,1H3,(H,26,27)(H,28,30,31). The summed E-state index contributed by atoms with van der Waals surface area (Å²) >= 11 is 7.77. The molecule has 1 aliphatic carbocycles. The van der Waals surface area contributed by atoms with Crippen LogP contribution in [0.3, 0.4) is 0 Å². The van der Waals surface area contributed by atoms with E-state index in [-0.39, 0.29) is 0 Å². The number of thiazole rings is 1. The van der Waals surface area contributed by atoms with Gasteiger partial charge in [-0.3, -0.25) is 9.78 Å². The largest absolute Gasteiger partial charge is 0.357 e. The maximum absolute atomic E-state index is 12.9.